The molecule has 1 saturated heterocycles. The lowest BCUT2D eigenvalue weighted by Gasteiger charge is -2.49. The van der Waals surface area contributed by atoms with Crippen molar-refractivity contribution in [1.29, 1.82) is 0 Å². The Morgan fingerprint density at radius 1 is 1.38 bits per heavy atom. The van der Waals surface area contributed by atoms with E-state index in [1.165, 1.54) is 12.1 Å². The van der Waals surface area contributed by atoms with E-state index >= 15 is 0 Å². The first-order valence-electron chi connectivity index (χ1n) is 7.52. The minimum atomic E-state index is -0.282. The van der Waals surface area contributed by atoms with Gasteiger partial charge in [-0.3, -0.25) is 4.90 Å². The summed E-state index contributed by atoms with van der Waals surface area (Å²) in [4.78, 5) is 2.44. The SMILES string of the molecule is CC(C)(C)C1CN(Cc2ccc(F)cc2Cl)C(C)(C)CN1. The van der Waals surface area contributed by atoms with E-state index in [1.54, 1.807) is 6.07 Å². The molecule has 0 saturated carbocycles. The molecule has 1 atom stereocenters. The van der Waals surface area contributed by atoms with Crippen LogP contribution in [0.4, 0.5) is 4.39 Å². The highest BCUT2D eigenvalue weighted by Crippen LogP contribution is 2.30. The van der Waals surface area contributed by atoms with Gasteiger partial charge < -0.3 is 5.32 Å². The molecule has 1 unspecified atom stereocenters. The van der Waals surface area contributed by atoms with Gasteiger partial charge in [-0.1, -0.05) is 38.4 Å². The Kier molecular flexibility index (Phi) is 4.67. The van der Waals surface area contributed by atoms with Crippen LogP contribution in [0.15, 0.2) is 18.2 Å². The average molecular weight is 313 g/mol. The molecule has 21 heavy (non-hydrogen) atoms. The molecular formula is C17H26ClFN2. The Morgan fingerprint density at radius 2 is 2.05 bits per heavy atom. The van der Waals surface area contributed by atoms with Gasteiger partial charge in [0.1, 0.15) is 5.82 Å². The quantitative estimate of drug-likeness (QED) is 0.885. The fourth-order valence-electron chi connectivity index (χ4n) is 2.73. The maximum atomic E-state index is 13.2. The number of hydrogen-bond acceptors (Lipinski definition) is 2. The number of nitrogens with zero attached hydrogens (tertiary/aromatic N) is 1. The largest absolute Gasteiger partial charge is 0.310 e. The summed E-state index contributed by atoms with van der Waals surface area (Å²) in [7, 11) is 0. The zero-order chi connectivity index (χ0) is 15.8. The van der Waals surface area contributed by atoms with Gasteiger partial charge in [0.2, 0.25) is 0 Å². The van der Waals surface area contributed by atoms with Gasteiger partial charge in [0, 0.05) is 36.2 Å². The molecule has 1 aromatic rings. The number of rotatable bonds is 2. The third kappa shape index (κ3) is 3.97. The van der Waals surface area contributed by atoms with E-state index in [0.29, 0.717) is 11.1 Å². The van der Waals surface area contributed by atoms with Gasteiger partial charge in [0.25, 0.3) is 0 Å². The maximum absolute atomic E-state index is 13.2. The van der Waals surface area contributed by atoms with Crippen molar-refractivity contribution < 1.29 is 4.39 Å². The highest BCUT2D eigenvalue weighted by molar-refractivity contribution is 6.31. The van der Waals surface area contributed by atoms with E-state index in [0.717, 1.165) is 25.2 Å². The summed E-state index contributed by atoms with van der Waals surface area (Å²) < 4.78 is 13.2. The predicted octanol–water partition coefficient (Wildman–Crippen LogP) is 4.08. The highest BCUT2D eigenvalue weighted by atomic mass is 35.5. The number of benzene rings is 1. The molecule has 1 heterocycles. The van der Waals surface area contributed by atoms with Crippen LogP contribution in [-0.2, 0) is 6.54 Å². The van der Waals surface area contributed by atoms with Crippen molar-refractivity contribution in [3.8, 4) is 0 Å². The summed E-state index contributed by atoms with van der Waals surface area (Å²) >= 11 is 6.19. The molecule has 4 heteroatoms. The summed E-state index contributed by atoms with van der Waals surface area (Å²) in [5, 5.41) is 4.16. The van der Waals surface area contributed by atoms with Crippen molar-refractivity contribution in [2.75, 3.05) is 13.1 Å². The lowest BCUT2D eigenvalue weighted by atomic mass is 9.82. The molecular weight excluding hydrogens is 287 g/mol. The predicted molar refractivity (Wildman–Crippen MR) is 87.1 cm³/mol. The van der Waals surface area contributed by atoms with Gasteiger partial charge in [-0.25, -0.2) is 4.39 Å². The zero-order valence-corrected chi connectivity index (χ0v) is 14.4. The van der Waals surface area contributed by atoms with E-state index in [1.807, 2.05) is 0 Å². The van der Waals surface area contributed by atoms with Crippen LogP contribution in [0.5, 0.6) is 0 Å². The van der Waals surface area contributed by atoms with Gasteiger partial charge in [-0.15, -0.1) is 0 Å². The Hall–Kier alpha value is -0.640. The second-order valence-electron chi connectivity index (χ2n) is 7.73. The smallest absolute Gasteiger partial charge is 0.124 e. The van der Waals surface area contributed by atoms with Gasteiger partial charge >= 0.3 is 0 Å². The molecule has 1 aromatic carbocycles. The van der Waals surface area contributed by atoms with Gasteiger partial charge in [-0.2, -0.15) is 0 Å². The first-order valence-corrected chi connectivity index (χ1v) is 7.90. The number of halogens is 2. The topological polar surface area (TPSA) is 15.3 Å². The fourth-order valence-corrected chi connectivity index (χ4v) is 2.96. The van der Waals surface area contributed by atoms with Crippen LogP contribution >= 0.6 is 11.6 Å². The maximum Gasteiger partial charge on any atom is 0.124 e. The summed E-state index contributed by atoms with van der Waals surface area (Å²) in [5.41, 5.74) is 1.25. The third-order valence-electron chi connectivity index (χ3n) is 4.46. The zero-order valence-electron chi connectivity index (χ0n) is 13.6. The Morgan fingerprint density at radius 3 is 2.62 bits per heavy atom. The van der Waals surface area contributed by atoms with Crippen LogP contribution in [0.1, 0.15) is 40.2 Å². The summed E-state index contributed by atoms with van der Waals surface area (Å²) in [6.45, 7) is 13.9. The van der Waals surface area contributed by atoms with Crippen molar-refractivity contribution in [1.82, 2.24) is 10.2 Å². The molecule has 1 aliphatic heterocycles. The Labute approximate surface area is 132 Å². The van der Waals surface area contributed by atoms with Crippen LogP contribution in [0, 0.1) is 11.2 Å². The van der Waals surface area contributed by atoms with E-state index in [2.05, 4.69) is 44.8 Å². The summed E-state index contributed by atoms with van der Waals surface area (Å²) in [5.74, 6) is -0.282. The van der Waals surface area contributed by atoms with Crippen LogP contribution in [0.2, 0.25) is 5.02 Å². The first kappa shape index (κ1) is 16.7. The third-order valence-corrected chi connectivity index (χ3v) is 4.81. The standard InChI is InChI=1S/C17H26ClFN2/c1-16(2,3)15-10-21(17(4,5)11-20-15)9-12-6-7-13(19)8-14(12)18/h6-8,15,20H,9-11H2,1-5H3. The van der Waals surface area contributed by atoms with Crippen molar-refractivity contribution in [3.63, 3.8) is 0 Å². The molecule has 0 radical (unpaired) electrons. The van der Waals surface area contributed by atoms with Gasteiger partial charge in [0.05, 0.1) is 0 Å². The molecule has 0 aliphatic carbocycles. The molecule has 0 spiro atoms. The van der Waals surface area contributed by atoms with E-state index in [-0.39, 0.29) is 16.8 Å². The van der Waals surface area contributed by atoms with Crippen LogP contribution in [0.3, 0.4) is 0 Å². The van der Waals surface area contributed by atoms with Crippen molar-refractivity contribution in [3.05, 3.63) is 34.6 Å². The van der Waals surface area contributed by atoms with E-state index in [9.17, 15) is 4.39 Å². The van der Waals surface area contributed by atoms with Crippen LogP contribution < -0.4 is 5.32 Å². The van der Waals surface area contributed by atoms with Crippen LogP contribution in [-0.4, -0.2) is 29.6 Å². The molecule has 1 aliphatic rings. The van der Waals surface area contributed by atoms with Crippen LogP contribution in [0.25, 0.3) is 0 Å². The molecule has 0 bridgehead atoms. The van der Waals surface area contributed by atoms with Gasteiger partial charge in [-0.05, 0) is 37.0 Å². The molecule has 2 nitrogen and oxygen atoms in total. The number of nitrogens with one attached hydrogen (secondary N) is 1. The second-order valence-corrected chi connectivity index (χ2v) is 8.14. The summed E-state index contributed by atoms with van der Waals surface area (Å²) in [6, 6.07) is 5.11. The second kappa shape index (κ2) is 5.86. The highest BCUT2D eigenvalue weighted by Gasteiger charge is 2.38. The number of piperazine rings is 1. The Balaban J connectivity index is 2.18. The van der Waals surface area contributed by atoms with Crippen molar-refractivity contribution in [2.45, 2.75) is 52.7 Å². The molecule has 1 N–H and O–H groups in total. The first-order chi connectivity index (χ1) is 9.59. The fraction of sp³-hybridized carbons (Fsp3) is 0.647. The molecule has 0 aromatic heterocycles. The summed E-state index contributed by atoms with van der Waals surface area (Å²) in [6.07, 6.45) is 0. The average Bonchev–Trinajstić information content (AvgIpc) is 2.33. The molecule has 118 valence electrons. The lowest BCUT2D eigenvalue weighted by molar-refractivity contribution is 0.0296. The monoisotopic (exact) mass is 312 g/mol. The van der Waals surface area contributed by atoms with E-state index in [4.69, 9.17) is 11.6 Å². The van der Waals surface area contributed by atoms with Crippen molar-refractivity contribution >= 4 is 11.6 Å². The van der Waals surface area contributed by atoms with E-state index < -0.39 is 0 Å². The molecule has 2 rings (SSSR count). The minimum absolute atomic E-state index is 0.0550. The number of hydrogen-bond donors (Lipinski definition) is 1. The van der Waals surface area contributed by atoms with Gasteiger partial charge in [0.15, 0.2) is 0 Å². The molecule has 1 fully saturated rings. The van der Waals surface area contributed by atoms with Crippen molar-refractivity contribution in [2.24, 2.45) is 5.41 Å². The normalized spacial score (nSPS) is 23.3. The minimum Gasteiger partial charge on any atom is -0.310 e. The molecule has 0 amide bonds. The lowest BCUT2D eigenvalue weighted by Crippen LogP contribution is -2.64. The Bertz CT molecular complexity index is 508.